The summed E-state index contributed by atoms with van der Waals surface area (Å²) in [7, 11) is 0. The number of benzene rings is 2. The second-order valence-corrected chi connectivity index (χ2v) is 7.00. The van der Waals surface area contributed by atoms with Crippen molar-refractivity contribution < 1.29 is 9.59 Å². The topological polar surface area (TPSA) is 95.2 Å². The van der Waals surface area contributed by atoms with Gasteiger partial charge in [-0.15, -0.1) is 0 Å². The molecule has 1 fully saturated rings. The number of aryl methyl sites for hydroxylation is 1. The molecule has 142 valence electrons. The van der Waals surface area contributed by atoms with Gasteiger partial charge in [-0.25, -0.2) is 5.10 Å². The zero-order valence-corrected chi connectivity index (χ0v) is 15.4. The van der Waals surface area contributed by atoms with Gasteiger partial charge in [0.2, 0.25) is 11.8 Å². The Kier molecular flexibility index (Phi) is 4.65. The summed E-state index contributed by atoms with van der Waals surface area (Å²) in [6.07, 6.45) is 0.180. The zero-order valence-electron chi connectivity index (χ0n) is 15.4. The van der Waals surface area contributed by atoms with Crippen molar-refractivity contribution in [3.05, 3.63) is 70.1 Å². The molecule has 0 unspecified atom stereocenters. The van der Waals surface area contributed by atoms with Crippen molar-refractivity contribution >= 4 is 28.3 Å². The fraction of sp³-hybridized carbons (Fsp3) is 0.238. The third kappa shape index (κ3) is 3.38. The lowest BCUT2D eigenvalue weighted by Crippen LogP contribution is -2.33. The first kappa shape index (κ1) is 17.9. The minimum atomic E-state index is -0.414. The molecule has 7 nitrogen and oxygen atoms in total. The number of H-pyrrole nitrogens is 1. The van der Waals surface area contributed by atoms with Crippen LogP contribution in [0.2, 0.25) is 0 Å². The van der Waals surface area contributed by atoms with Crippen molar-refractivity contribution in [2.24, 2.45) is 5.92 Å². The molecular formula is C21H20N4O3. The molecule has 0 bridgehead atoms. The van der Waals surface area contributed by atoms with Crippen LogP contribution in [0, 0.1) is 12.8 Å². The summed E-state index contributed by atoms with van der Waals surface area (Å²) in [5, 5.41) is 10.6. The van der Waals surface area contributed by atoms with Crippen LogP contribution in [0.4, 0.5) is 5.69 Å². The quantitative estimate of drug-likeness (QED) is 0.727. The normalized spacial score (nSPS) is 16.5. The van der Waals surface area contributed by atoms with Gasteiger partial charge in [0, 0.05) is 24.0 Å². The Balaban J connectivity index is 1.45. The molecule has 1 saturated heterocycles. The minimum absolute atomic E-state index is 0.0587. The van der Waals surface area contributed by atoms with E-state index >= 15 is 0 Å². The predicted octanol–water partition coefficient (Wildman–Crippen LogP) is 1.90. The van der Waals surface area contributed by atoms with Crippen LogP contribution in [0.1, 0.15) is 17.7 Å². The van der Waals surface area contributed by atoms with Gasteiger partial charge in [-0.05, 0) is 25.1 Å². The smallest absolute Gasteiger partial charge is 0.272 e. The third-order valence-corrected chi connectivity index (χ3v) is 5.05. The first-order valence-electron chi connectivity index (χ1n) is 9.14. The first-order chi connectivity index (χ1) is 13.5. The highest BCUT2D eigenvalue weighted by molar-refractivity contribution is 6.00. The Morgan fingerprint density at radius 3 is 2.61 bits per heavy atom. The maximum Gasteiger partial charge on any atom is 0.272 e. The number of carbonyl (C=O) groups is 2. The number of aromatic amines is 1. The predicted molar refractivity (Wildman–Crippen MR) is 106 cm³/mol. The monoisotopic (exact) mass is 376 g/mol. The Morgan fingerprint density at radius 1 is 1.14 bits per heavy atom. The Morgan fingerprint density at radius 2 is 1.86 bits per heavy atom. The van der Waals surface area contributed by atoms with Crippen molar-refractivity contribution in [3.63, 3.8) is 0 Å². The first-order valence-corrected chi connectivity index (χ1v) is 9.14. The zero-order chi connectivity index (χ0) is 19.7. The van der Waals surface area contributed by atoms with Gasteiger partial charge in [0.25, 0.3) is 5.56 Å². The number of aromatic nitrogens is 2. The van der Waals surface area contributed by atoms with Gasteiger partial charge < -0.3 is 10.2 Å². The molecule has 1 aromatic heterocycles. The summed E-state index contributed by atoms with van der Waals surface area (Å²) < 4.78 is 0. The van der Waals surface area contributed by atoms with E-state index in [4.69, 9.17) is 0 Å². The highest BCUT2D eigenvalue weighted by atomic mass is 16.2. The molecule has 2 heterocycles. The lowest BCUT2D eigenvalue weighted by molar-refractivity contribution is -0.126. The molecule has 2 aromatic carbocycles. The molecule has 0 radical (unpaired) electrons. The number of fused-ring (bicyclic) bond motifs is 1. The van der Waals surface area contributed by atoms with E-state index in [0.29, 0.717) is 23.0 Å². The molecule has 2 amide bonds. The van der Waals surface area contributed by atoms with E-state index in [1.165, 1.54) is 0 Å². The van der Waals surface area contributed by atoms with E-state index in [1.54, 1.807) is 23.1 Å². The van der Waals surface area contributed by atoms with Gasteiger partial charge in [0.05, 0.1) is 23.5 Å². The van der Waals surface area contributed by atoms with E-state index < -0.39 is 5.92 Å². The van der Waals surface area contributed by atoms with Crippen LogP contribution in [0.25, 0.3) is 10.8 Å². The average molecular weight is 376 g/mol. The molecule has 28 heavy (non-hydrogen) atoms. The fourth-order valence-electron chi connectivity index (χ4n) is 3.48. The van der Waals surface area contributed by atoms with Crippen LogP contribution in [-0.4, -0.2) is 28.6 Å². The van der Waals surface area contributed by atoms with E-state index in [2.05, 4.69) is 15.5 Å². The van der Waals surface area contributed by atoms with Crippen LogP contribution < -0.4 is 15.8 Å². The van der Waals surface area contributed by atoms with Crippen molar-refractivity contribution in [2.45, 2.75) is 19.9 Å². The van der Waals surface area contributed by atoms with Gasteiger partial charge in [0.15, 0.2) is 0 Å². The summed E-state index contributed by atoms with van der Waals surface area (Å²) in [6, 6.07) is 14.8. The second-order valence-electron chi connectivity index (χ2n) is 7.00. The Hall–Kier alpha value is -3.48. The van der Waals surface area contributed by atoms with Crippen LogP contribution in [0.3, 0.4) is 0 Å². The molecule has 2 N–H and O–H groups in total. The van der Waals surface area contributed by atoms with Crippen molar-refractivity contribution in [1.29, 1.82) is 0 Å². The molecular weight excluding hydrogens is 356 g/mol. The third-order valence-electron chi connectivity index (χ3n) is 5.05. The molecule has 7 heteroatoms. The molecule has 1 aliphatic heterocycles. The van der Waals surface area contributed by atoms with Crippen LogP contribution >= 0.6 is 0 Å². The summed E-state index contributed by atoms with van der Waals surface area (Å²) in [5.41, 5.74) is 2.24. The largest absolute Gasteiger partial charge is 0.350 e. The van der Waals surface area contributed by atoms with Crippen LogP contribution in [0.5, 0.6) is 0 Å². The van der Waals surface area contributed by atoms with E-state index in [9.17, 15) is 14.4 Å². The number of anilines is 1. The van der Waals surface area contributed by atoms with Gasteiger partial charge in [0.1, 0.15) is 0 Å². The SMILES string of the molecule is Cc1ccc(N2C[C@@H](C(=O)NCc3n[nH]c(=O)c4ccccc34)CC2=O)cc1. The second kappa shape index (κ2) is 7.26. The molecule has 1 atom stereocenters. The lowest BCUT2D eigenvalue weighted by atomic mass is 10.1. The van der Waals surface area contributed by atoms with E-state index in [0.717, 1.165) is 11.3 Å². The number of hydrogen-bond donors (Lipinski definition) is 2. The average Bonchev–Trinajstić information content (AvgIpc) is 3.10. The summed E-state index contributed by atoms with van der Waals surface area (Å²) in [4.78, 5) is 38.5. The van der Waals surface area contributed by atoms with Gasteiger partial charge in [-0.1, -0.05) is 35.9 Å². The number of rotatable bonds is 4. The van der Waals surface area contributed by atoms with Gasteiger partial charge in [-0.3, -0.25) is 14.4 Å². The van der Waals surface area contributed by atoms with Crippen LogP contribution in [0.15, 0.2) is 53.3 Å². The van der Waals surface area contributed by atoms with Crippen LogP contribution in [-0.2, 0) is 16.1 Å². The summed E-state index contributed by atoms with van der Waals surface area (Å²) in [5.74, 6) is -0.667. The molecule has 4 rings (SSSR count). The van der Waals surface area contributed by atoms with E-state index in [1.807, 2.05) is 37.3 Å². The van der Waals surface area contributed by atoms with Gasteiger partial charge in [-0.2, -0.15) is 5.10 Å². The molecule has 0 saturated carbocycles. The number of nitrogens with zero attached hydrogens (tertiary/aromatic N) is 2. The van der Waals surface area contributed by atoms with Crippen molar-refractivity contribution in [2.75, 3.05) is 11.4 Å². The Bertz CT molecular complexity index is 1100. The standard InChI is InChI=1S/C21H20N4O3/c1-13-6-8-15(9-7-13)25-12-14(10-19(25)26)20(27)22-11-18-16-4-2-3-5-17(16)21(28)24-23-18/h2-9,14H,10-12H2,1H3,(H,22,27)(H,24,28)/t14-/m0/s1. The molecule has 3 aromatic rings. The lowest BCUT2D eigenvalue weighted by Gasteiger charge is -2.17. The van der Waals surface area contributed by atoms with Crippen molar-refractivity contribution in [1.82, 2.24) is 15.5 Å². The minimum Gasteiger partial charge on any atom is -0.350 e. The highest BCUT2D eigenvalue weighted by Gasteiger charge is 2.35. The molecule has 0 aliphatic carbocycles. The number of carbonyl (C=O) groups excluding carboxylic acids is 2. The summed E-state index contributed by atoms with van der Waals surface area (Å²) >= 11 is 0. The molecule has 0 spiro atoms. The number of amides is 2. The van der Waals surface area contributed by atoms with Crippen molar-refractivity contribution in [3.8, 4) is 0 Å². The maximum absolute atomic E-state index is 12.6. The molecule has 1 aliphatic rings. The Labute approximate surface area is 161 Å². The fourth-order valence-corrected chi connectivity index (χ4v) is 3.48. The van der Waals surface area contributed by atoms with Gasteiger partial charge >= 0.3 is 0 Å². The van der Waals surface area contributed by atoms with E-state index in [-0.39, 0.29) is 30.3 Å². The highest BCUT2D eigenvalue weighted by Crippen LogP contribution is 2.25. The maximum atomic E-state index is 12.6. The summed E-state index contributed by atoms with van der Waals surface area (Å²) in [6.45, 7) is 2.53. The number of nitrogens with one attached hydrogen (secondary N) is 2. The number of hydrogen-bond acceptors (Lipinski definition) is 4.